The molecule has 7 rings (SSSR count). The van der Waals surface area contributed by atoms with Crippen LogP contribution in [-0.2, 0) is 28.0 Å². The van der Waals surface area contributed by atoms with Crippen LogP contribution in [0.3, 0.4) is 0 Å². The van der Waals surface area contributed by atoms with Crippen LogP contribution >= 0.6 is 0 Å². The van der Waals surface area contributed by atoms with E-state index in [1.54, 1.807) is 4.68 Å². The molecular weight excluding hydrogens is 542 g/mol. The SMILES string of the molecule is Cn1nnc2cc(CNC(=O)[C@@H]3C[C@@H](CC4=CCC5(CC4)CC5)CN3C(=O)[C@@H]3NCCC[C@@H]3C(=O)N3CCCC3)ccc21. The number of carbonyl (C=O) groups excluding carboxylic acids is 3. The van der Waals surface area contributed by atoms with E-state index in [2.05, 4.69) is 27.0 Å². The second-order valence-corrected chi connectivity index (χ2v) is 13.8. The number of hydrogen-bond acceptors (Lipinski definition) is 6. The lowest BCUT2D eigenvalue weighted by Gasteiger charge is -2.36. The number of amides is 3. The molecule has 1 saturated carbocycles. The molecule has 1 aromatic carbocycles. The average Bonchev–Trinajstić information content (AvgIpc) is 3.40. The molecule has 3 aliphatic heterocycles. The maximum atomic E-state index is 14.3. The van der Waals surface area contributed by atoms with Gasteiger partial charge >= 0.3 is 0 Å². The zero-order valence-electron chi connectivity index (χ0n) is 25.4. The number of piperidine rings is 1. The van der Waals surface area contributed by atoms with Crippen LogP contribution in [0.15, 0.2) is 29.8 Å². The number of likely N-dealkylation sites (tertiary alicyclic amines) is 2. The Morgan fingerprint density at radius 1 is 1.09 bits per heavy atom. The van der Waals surface area contributed by atoms with Crippen molar-refractivity contribution in [1.82, 2.24) is 35.4 Å². The summed E-state index contributed by atoms with van der Waals surface area (Å²) in [6.07, 6.45) is 14.0. The molecule has 0 radical (unpaired) electrons. The van der Waals surface area contributed by atoms with E-state index in [1.807, 2.05) is 35.0 Å². The summed E-state index contributed by atoms with van der Waals surface area (Å²) in [6.45, 7) is 3.20. The van der Waals surface area contributed by atoms with Gasteiger partial charge in [0.2, 0.25) is 17.7 Å². The van der Waals surface area contributed by atoms with Gasteiger partial charge in [0.25, 0.3) is 0 Å². The van der Waals surface area contributed by atoms with Gasteiger partial charge in [0.05, 0.1) is 17.5 Å². The Morgan fingerprint density at radius 2 is 1.93 bits per heavy atom. The standard InChI is InChI=1S/C33H45N7O3/c1-38-27-7-6-23(18-26(27)36-37-38)20-35-30(41)28-19-24(17-22-8-10-33(11-9-22)12-13-33)21-40(28)32(43)29-25(5-4-14-34-29)31(42)39-15-2-3-16-39/h6-8,18,24-25,28-29,34H,2-5,9-17,19-21H2,1H3,(H,35,41)/t24-,25+,28+,29-/m1/s1. The number of aryl methyl sites for hydroxylation is 1. The molecule has 3 saturated heterocycles. The third-order valence-electron chi connectivity index (χ3n) is 10.9. The van der Waals surface area contributed by atoms with Crippen LogP contribution in [-0.4, -0.2) is 80.8 Å². The Morgan fingerprint density at radius 3 is 2.70 bits per heavy atom. The monoisotopic (exact) mass is 587 g/mol. The molecule has 5 aliphatic rings. The van der Waals surface area contributed by atoms with Crippen LogP contribution < -0.4 is 10.6 Å². The quantitative estimate of drug-likeness (QED) is 0.482. The Balaban J connectivity index is 1.07. The first-order valence-electron chi connectivity index (χ1n) is 16.5. The van der Waals surface area contributed by atoms with E-state index in [4.69, 9.17) is 0 Å². The average molecular weight is 588 g/mol. The van der Waals surface area contributed by atoms with Gasteiger partial charge in [0, 0.05) is 33.2 Å². The van der Waals surface area contributed by atoms with Gasteiger partial charge in [-0.25, -0.2) is 4.68 Å². The van der Waals surface area contributed by atoms with Crippen molar-refractivity contribution in [3.8, 4) is 0 Å². The number of allylic oxidation sites excluding steroid dienone is 2. The summed E-state index contributed by atoms with van der Waals surface area (Å²) in [7, 11) is 1.86. The highest BCUT2D eigenvalue weighted by atomic mass is 16.2. The summed E-state index contributed by atoms with van der Waals surface area (Å²) in [5.41, 5.74) is 4.75. The first-order valence-corrected chi connectivity index (χ1v) is 16.5. The van der Waals surface area contributed by atoms with Crippen molar-refractivity contribution >= 4 is 28.8 Å². The maximum absolute atomic E-state index is 14.3. The van der Waals surface area contributed by atoms with Crippen molar-refractivity contribution < 1.29 is 14.4 Å². The normalized spacial score (nSPS) is 28.3. The Hall–Kier alpha value is -3.27. The number of nitrogens with zero attached hydrogens (tertiary/aromatic N) is 5. The second kappa shape index (κ2) is 11.7. The van der Waals surface area contributed by atoms with E-state index in [-0.39, 0.29) is 29.6 Å². The number of nitrogens with one attached hydrogen (secondary N) is 2. The lowest BCUT2D eigenvalue weighted by atomic mass is 9.83. The number of aromatic nitrogens is 3. The van der Waals surface area contributed by atoms with Gasteiger partial charge in [-0.2, -0.15) is 0 Å². The predicted octanol–water partition coefficient (Wildman–Crippen LogP) is 3.07. The highest BCUT2D eigenvalue weighted by Gasteiger charge is 2.47. The highest BCUT2D eigenvalue weighted by Crippen LogP contribution is 2.56. The topological polar surface area (TPSA) is 112 Å². The van der Waals surface area contributed by atoms with Crippen molar-refractivity contribution in [1.29, 1.82) is 0 Å². The minimum absolute atomic E-state index is 0.0876. The van der Waals surface area contributed by atoms with Gasteiger partial charge in [-0.15, -0.1) is 5.10 Å². The predicted molar refractivity (Wildman–Crippen MR) is 163 cm³/mol. The van der Waals surface area contributed by atoms with E-state index in [9.17, 15) is 14.4 Å². The van der Waals surface area contributed by atoms with Gasteiger partial charge < -0.3 is 20.4 Å². The van der Waals surface area contributed by atoms with E-state index < -0.39 is 12.1 Å². The number of rotatable bonds is 7. The molecule has 2 aliphatic carbocycles. The summed E-state index contributed by atoms with van der Waals surface area (Å²) in [5, 5.41) is 14.8. The molecular formula is C33H45N7O3. The van der Waals surface area contributed by atoms with Crippen molar-refractivity contribution in [3.63, 3.8) is 0 Å². The van der Waals surface area contributed by atoms with Crippen LogP contribution in [0.4, 0.5) is 0 Å². The molecule has 2 N–H and O–H groups in total. The van der Waals surface area contributed by atoms with Gasteiger partial charge in [0.15, 0.2) is 0 Å². The summed E-state index contributed by atoms with van der Waals surface area (Å²) in [6, 6.07) is 4.79. The summed E-state index contributed by atoms with van der Waals surface area (Å²) in [4.78, 5) is 45.3. The van der Waals surface area contributed by atoms with Gasteiger partial charge in [-0.1, -0.05) is 22.9 Å². The molecule has 4 fully saturated rings. The fourth-order valence-corrected chi connectivity index (χ4v) is 8.01. The molecule has 10 heteroatoms. The smallest absolute Gasteiger partial charge is 0.243 e. The molecule has 4 heterocycles. The zero-order chi connectivity index (χ0) is 29.6. The van der Waals surface area contributed by atoms with Gasteiger partial charge in [0.1, 0.15) is 11.6 Å². The maximum Gasteiger partial charge on any atom is 0.243 e. The molecule has 2 aromatic rings. The van der Waals surface area contributed by atoms with Crippen LogP contribution in [0.5, 0.6) is 0 Å². The van der Waals surface area contributed by atoms with Crippen LogP contribution in [0, 0.1) is 17.3 Å². The zero-order valence-corrected chi connectivity index (χ0v) is 25.4. The molecule has 4 atom stereocenters. The number of fused-ring (bicyclic) bond motifs is 1. The molecule has 0 bridgehead atoms. The summed E-state index contributed by atoms with van der Waals surface area (Å²) in [5.74, 6) is -0.234. The lowest BCUT2D eigenvalue weighted by Crippen LogP contribution is -2.59. The fourth-order valence-electron chi connectivity index (χ4n) is 8.01. The number of hydrogen-bond donors (Lipinski definition) is 2. The third-order valence-corrected chi connectivity index (χ3v) is 10.9. The molecule has 230 valence electrons. The van der Waals surface area contributed by atoms with E-state index in [0.717, 1.165) is 61.8 Å². The lowest BCUT2D eigenvalue weighted by molar-refractivity contribution is -0.146. The molecule has 10 nitrogen and oxygen atoms in total. The first-order chi connectivity index (χ1) is 20.9. The van der Waals surface area contributed by atoms with Crippen molar-refractivity contribution in [2.24, 2.45) is 24.3 Å². The van der Waals surface area contributed by atoms with Crippen molar-refractivity contribution in [3.05, 3.63) is 35.4 Å². The van der Waals surface area contributed by atoms with E-state index in [1.165, 1.54) is 31.3 Å². The minimum Gasteiger partial charge on any atom is -0.350 e. The Kier molecular flexibility index (Phi) is 7.74. The first kappa shape index (κ1) is 28.5. The number of carbonyl (C=O) groups is 3. The molecule has 1 spiro atoms. The fraction of sp³-hybridized carbons (Fsp3) is 0.667. The van der Waals surface area contributed by atoms with Crippen molar-refractivity contribution in [2.45, 2.75) is 89.3 Å². The van der Waals surface area contributed by atoms with Gasteiger partial charge in [-0.05, 0) is 106 Å². The second-order valence-electron chi connectivity index (χ2n) is 13.8. The highest BCUT2D eigenvalue weighted by molar-refractivity contribution is 5.94. The number of benzene rings is 1. The van der Waals surface area contributed by atoms with Crippen LogP contribution in [0.1, 0.15) is 76.2 Å². The van der Waals surface area contributed by atoms with Crippen LogP contribution in [0.25, 0.3) is 11.0 Å². The molecule has 0 unspecified atom stereocenters. The summed E-state index contributed by atoms with van der Waals surface area (Å²) >= 11 is 0. The van der Waals surface area contributed by atoms with Gasteiger partial charge in [-0.3, -0.25) is 14.4 Å². The molecule has 1 aromatic heterocycles. The molecule has 43 heavy (non-hydrogen) atoms. The molecule has 3 amide bonds. The Labute approximate surface area is 253 Å². The minimum atomic E-state index is -0.571. The van der Waals surface area contributed by atoms with E-state index >= 15 is 0 Å². The van der Waals surface area contributed by atoms with E-state index in [0.29, 0.717) is 37.9 Å². The third kappa shape index (κ3) is 5.82. The largest absolute Gasteiger partial charge is 0.350 e. The van der Waals surface area contributed by atoms with Crippen molar-refractivity contribution in [2.75, 3.05) is 26.2 Å². The summed E-state index contributed by atoms with van der Waals surface area (Å²) < 4.78 is 1.73. The Bertz CT molecular complexity index is 1420. The van der Waals surface area contributed by atoms with Crippen LogP contribution in [0.2, 0.25) is 0 Å².